The van der Waals surface area contributed by atoms with E-state index in [-0.39, 0.29) is 22.8 Å². The summed E-state index contributed by atoms with van der Waals surface area (Å²) in [6.07, 6.45) is 0. The molecule has 0 saturated carbocycles. The van der Waals surface area contributed by atoms with Crippen molar-refractivity contribution >= 4 is 23.3 Å². The van der Waals surface area contributed by atoms with Gasteiger partial charge in [-0.2, -0.15) is 0 Å². The van der Waals surface area contributed by atoms with E-state index < -0.39 is 17.8 Å². The smallest absolute Gasteiger partial charge is 0.337 e. The third kappa shape index (κ3) is 3.37. The minimum absolute atomic E-state index is 0.0676. The minimum atomic E-state index is -1.25. The van der Waals surface area contributed by atoms with Crippen molar-refractivity contribution in [1.29, 1.82) is 0 Å². The van der Waals surface area contributed by atoms with Crippen molar-refractivity contribution < 1.29 is 19.1 Å². The summed E-state index contributed by atoms with van der Waals surface area (Å²) < 4.78 is 13.7. The molecule has 0 saturated heterocycles. The van der Waals surface area contributed by atoms with E-state index in [0.29, 0.717) is 6.54 Å². The van der Waals surface area contributed by atoms with E-state index in [1.165, 1.54) is 4.90 Å². The molecule has 20 heavy (non-hydrogen) atoms. The second kappa shape index (κ2) is 6.23. The van der Waals surface area contributed by atoms with Crippen molar-refractivity contribution in [2.24, 2.45) is 0 Å². The highest BCUT2D eigenvalue weighted by atomic mass is 19.1. The Morgan fingerprint density at radius 3 is 2.60 bits per heavy atom. The first-order chi connectivity index (χ1) is 9.27. The van der Waals surface area contributed by atoms with Crippen LogP contribution in [0, 0.1) is 5.82 Å². The van der Waals surface area contributed by atoms with Gasteiger partial charge in [0.25, 0.3) is 0 Å². The fraction of sp³-hybridized carbons (Fsp3) is 0.385. The number of halogens is 1. The summed E-state index contributed by atoms with van der Waals surface area (Å²) >= 11 is 0. The van der Waals surface area contributed by atoms with Gasteiger partial charge in [-0.05, 0) is 26.0 Å². The third-order valence-corrected chi connectivity index (χ3v) is 2.96. The second-order valence-electron chi connectivity index (χ2n) is 4.44. The maximum absolute atomic E-state index is 13.7. The van der Waals surface area contributed by atoms with Crippen molar-refractivity contribution in [2.45, 2.75) is 19.9 Å². The number of nitrogen functional groups attached to an aromatic ring is 1. The van der Waals surface area contributed by atoms with E-state index in [1.54, 1.807) is 14.0 Å². The van der Waals surface area contributed by atoms with Gasteiger partial charge < -0.3 is 21.1 Å². The number of hydrogen-bond acceptors (Lipinski definition) is 4. The molecule has 4 N–H and O–H groups in total. The van der Waals surface area contributed by atoms with Gasteiger partial charge in [0.15, 0.2) is 0 Å². The molecule has 0 spiro atoms. The molecule has 1 atom stereocenters. The summed E-state index contributed by atoms with van der Waals surface area (Å²) in [4.78, 5) is 24.3. The standard InChI is InChI=1S/C13H18FN3O3/c1-4-17(3)12(18)7(2)16-11-5-8(13(19)20)10(15)6-9(11)14/h5-7,16H,4,15H2,1-3H3,(H,19,20). The Morgan fingerprint density at radius 1 is 1.50 bits per heavy atom. The lowest BCUT2D eigenvalue weighted by atomic mass is 10.1. The lowest BCUT2D eigenvalue weighted by Crippen LogP contribution is -2.39. The van der Waals surface area contributed by atoms with Crippen LogP contribution in [0.1, 0.15) is 24.2 Å². The number of carboxylic acid groups (broad SMARTS) is 1. The van der Waals surface area contributed by atoms with E-state index in [9.17, 15) is 14.0 Å². The first-order valence-electron chi connectivity index (χ1n) is 6.11. The topological polar surface area (TPSA) is 95.7 Å². The quantitative estimate of drug-likeness (QED) is 0.710. The van der Waals surface area contributed by atoms with Crippen molar-refractivity contribution in [1.82, 2.24) is 4.90 Å². The fourth-order valence-electron chi connectivity index (χ4n) is 1.67. The van der Waals surface area contributed by atoms with Gasteiger partial charge in [-0.3, -0.25) is 4.79 Å². The molecule has 1 unspecified atom stereocenters. The number of carboxylic acids is 1. The Hall–Kier alpha value is -2.31. The SMILES string of the molecule is CCN(C)C(=O)C(C)Nc1cc(C(=O)O)c(N)cc1F. The van der Waals surface area contributed by atoms with Crippen LogP contribution in [-0.2, 0) is 4.79 Å². The molecule has 0 radical (unpaired) electrons. The van der Waals surface area contributed by atoms with E-state index in [4.69, 9.17) is 10.8 Å². The highest BCUT2D eigenvalue weighted by Gasteiger charge is 2.19. The minimum Gasteiger partial charge on any atom is -0.478 e. The monoisotopic (exact) mass is 283 g/mol. The van der Waals surface area contributed by atoms with Gasteiger partial charge in [0.1, 0.15) is 11.9 Å². The van der Waals surface area contributed by atoms with Gasteiger partial charge in [-0.1, -0.05) is 0 Å². The Balaban J connectivity index is 3.00. The summed E-state index contributed by atoms with van der Waals surface area (Å²) in [7, 11) is 1.63. The largest absolute Gasteiger partial charge is 0.478 e. The number of hydrogen-bond donors (Lipinski definition) is 3. The lowest BCUT2D eigenvalue weighted by molar-refractivity contribution is -0.130. The number of nitrogens with zero attached hydrogens (tertiary/aromatic N) is 1. The zero-order chi connectivity index (χ0) is 15.4. The number of likely N-dealkylation sites (N-methyl/N-ethyl adjacent to an activating group) is 1. The van der Waals surface area contributed by atoms with Crippen LogP contribution in [0.15, 0.2) is 12.1 Å². The Kier molecular flexibility index (Phi) is 4.90. The van der Waals surface area contributed by atoms with Gasteiger partial charge in [0.05, 0.1) is 11.3 Å². The Morgan fingerprint density at radius 2 is 2.10 bits per heavy atom. The average Bonchev–Trinajstić information content (AvgIpc) is 2.39. The number of rotatable bonds is 5. The molecular formula is C13H18FN3O3. The number of carbonyl (C=O) groups is 2. The zero-order valence-corrected chi connectivity index (χ0v) is 11.6. The Bertz CT molecular complexity index is 534. The van der Waals surface area contributed by atoms with Crippen LogP contribution in [0.5, 0.6) is 0 Å². The van der Waals surface area contributed by atoms with Crippen molar-refractivity contribution in [2.75, 3.05) is 24.6 Å². The molecule has 0 heterocycles. The van der Waals surface area contributed by atoms with Crippen LogP contribution in [0.4, 0.5) is 15.8 Å². The molecule has 0 bridgehead atoms. The molecule has 7 heteroatoms. The number of aromatic carboxylic acids is 1. The van der Waals surface area contributed by atoms with Crippen LogP contribution >= 0.6 is 0 Å². The predicted molar refractivity (Wildman–Crippen MR) is 74.2 cm³/mol. The molecule has 6 nitrogen and oxygen atoms in total. The second-order valence-corrected chi connectivity index (χ2v) is 4.44. The fourth-order valence-corrected chi connectivity index (χ4v) is 1.67. The molecule has 0 aliphatic rings. The van der Waals surface area contributed by atoms with E-state index in [1.807, 2.05) is 6.92 Å². The van der Waals surface area contributed by atoms with Crippen molar-refractivity contribution in [3.8, 4) is 0 Å². The van der Waals surface area contributed by atoms with Gasteiger partial charge >= 0.3 is 5.97 Å². The molecule has 0 fully saturated rings. The average molecular weight is 283 g/mol. The van der Waals surface area contributed by atoms with Crippen LogP contribution in [0.3, 0.4) is 0 Å². The summed E-state index contributed by atoms with van der Waals surface area (Å²) in [5, 5.41) is 11.6. The van der Waals surface area contributed by atoms with E-state index >= 15 is 0 Å². The first kappa shape index (κ1) is 15.7. The molecule has 0 aliphatic carbocycles. The first-order valence-corrected chi connectivity index (χ1v) is 6.11. The molecule has 1 aromatic carbocycles. The number of amides is 1. The van der Waals surface area contributed by atoms with Crippen LogP contribution in [0.25, 0.3) is 0 Å². The highest BCUT2D eigenvalue weighted by molar-refractivity contribution is 5.95. The third-order valence-electron chi connectivity index (χ3n) is 2.96. The highest BCUT2D eigenvalue weighted by Crippen LogP contribution is 2.23. The number of carbonyl (C=O) groups excluding carboxylic acids is 1. The molecule has 0 aliphatic heterocycles. The maximum atomic E-state index is 13.7. The summed E-state index contributed by atoms with van der Waals surface area (Å²) in [5.74, 6) is -2.18. The van der Waals surface area contributed by atoms with Gasteiger partial charge in [0.2, 0.25) is 5.91 Å². The van der Waals surface area contributed by atoms with Crippen LogP contribution < -0.4 is 11.1 Å². The number of nitrogens with two attached hydrogens (primary N) is 1. The summed E-state index contributed by atoms with van der Waals surface area (Å²) in [6, 6.07) is 1.33. The Labute approximate surface area is 116 Å². The van der Waals surface area contributed by atoms with Crippen LogP contribution in [0.2, 0.25) is 0 Å². The normalized spacial score (nSPS) is 11.8. The molecule has 1 aromatic rings. The molecule has 1 amide bonds. The van der Waals surface area contributed by atoms with Gasteiger partial charge in [-0.15, -0.1) is 0 Å². The maximum Gasteiger partial charge on any atom is 0.337 e. The number of nitrogens with one attached hydrogen (secondary N) is 1. The molecule has 0 aromatic heterocycles. The van der Waals surface area contributed by atoms with E-state index in [2.05, 4.69) is 5.32 Å². The van der Waals surface area contributed by atoms with Gasteiger partial charge in [-0.25, -0.2) is 9.18 Å². The van der Waals surface area contributed by atoms with Crippen LogP contribution in [-0.4, -0.2) is 41.5 Å². The number of benzene rings is 1. The van der Waals surface area contributed by atoms with E-state index in [0.717, 1.165) is 12.1 Å². The summed E-state index contributed by atoms with van der Waals surface area (Å²) in [6.45, 7) is 3.91. The molecular weight excluding hydrogens is 265 g/mol. The van der Waals surface area contributed by atoms with Gasteiger partial charge in [0, 0.05) is 19.3 Å². The zero-order valence-electron chi connectivity index (χ0n) is 11.6. The number of anilines is 2. The van der Waals surface area contributed by atoms with Crippen molar-refractivity contribution in [3.05, 3.63) is 23.5 Å². The molecule has 1 rings (SSSR count). The predicted octanol–water partition coefficient (Wildman–Crippen LogP) is 1.38. The lowest BCUT2D eigenvalue weighted by Gasteiger charge is -2.21. The molecule has 110 valence electrons. The summed E-state index contributed by atoms with van der Waals surface area (Å²) in [5.41, 5.74) is 4.99. The van der Waals surface area contributed by atoms with Crippen molar-refractivity contribution in [3.63, 3.8) is 0 Å².